The SMILES string of the molecule is N#CCCCC(=O)N1CCC(c2cc(NC(=O)C3CC3)nc3[nH]ccc23)CC1.NC(=O)C1CC1. The Balaban J connectivity index is 0.000000398. The van der Waals surface area contributed by atoms with Crippen LogP contribution in [0.2, 0.25) is 0 Å². The number of pyridine rings is 1. The number of primary amides is 1. The van der Waals surface area contributed by atoms with Crippen LogP contribution in [0, 0.1) is 23.2 Å². The molecule has 180 valence electrons. The number of aromatic nitrogens is 2. The molecule has 3 amide bonds. The van der Waals surface area contributed by atoms with Gasteiger partial charge >= 0.3 is 0 Å². The van der Waals surface area contributed by atoms with Crippen LogP contribution in [-0.4, -0.2) is 45.7 Å². The molecule has 0 bridgehead atoms. The number of piperidine rings is 1. The lowest BCUT2D eigenvalue weighted by Gasteiger charge is -2.32. The lowest BCUT2D eigenvalue weighted by molar-refractivity contribution is -0.132. The fraction of sp³-hybridized carbons (Fsp3) is 0.560. The van der Waals surface area contributed by atoms with Crippen molar-refractivity contribution in [1.29, 1.82) is 5.26 Å². The van der Waals surface area contributed by atoms with E-state index in [0.29, 0.717) is 31.0 Å². The number of carbonyl (C=O) groups excluding carboxylic acids is 3. The number of anilines is 1. The smallest absolute Gasteiger partial charge is 0.228 e. The summed E-state index contributed by atoms with van der Waals surface area (Å²) in [4.78, 5) is 44.0. The number of hydrogen-bond donors (Lipinski definition) is 3. The van der Waals surface area contributed by atoms with Gasteiger partial charge in [0.2, 0.25) is 17.7 Å². The Bertz CT molecular complexity index is 1090. The Labute approximate surface area is 199 Å². The molecule has 0 unspecified atom stereocenters. The first-order chi connectivity index (χ1) is 16.5. The Hall–Kier alpha value is -3.41. The van der Waals surface area contributed by atoms with E-state index in [2.05, 4.69) is 21.4 Å². The second-order valence-electron chi connectivity index (χ2n) is 9.44. The first-order valence-electron chi connectivity index (χ1n) is 12.2. The molecular weight excluding hydrogens is 432 g/mol. The molecular formula is C25H32N6O3. The molecule has 9 nitrogen and oxygen atoms in total. The third-order valence-corrected chi connectivity index (χ3v) is 6.71. The number of amides is 3. The second kappa shape index (κ2) is 10.7. The molecule has 3 fully saturated rings. The number of H-pyrrole nitrogens is 1. The number of rotatable bonds is 7. The van der Waals surface area contributed by atoms with E-state index in [9.17, 15) is 14.4 Å². The third kappa shape index (κ3) is 6.13. The van der Waals surface area contributed by atoms with Crippen LogP contribution in [0.15, 0.2) is 18.3 Å². The molecule has 1 aliphatic heterocycles. The predicted octanol–water partition coefficient (Wildman–Crippen LogP) is 3.19. The number of nitrogens with zero attached hydrogens (tertiary/aromatic N) is 3. The Morgan fingerprint density at radius 2 is 1.85 bits per heavy atom. The molecule has 0 atom stereocenters. The minimum atomic E-state index is -0.130. The van der Waals surface area contributed by atoms with E-state index in [-0.39, 0.29) is 29.6 Å². The third-order valence-electron chi connectivity index (χ3n) is 6.71. The number of hydrogen-bond acceptors (Lipinski definition) is 5. The van der Waals surface area contributed by atoms with E-state index in [0.717, 1.165) is 62.6 Å². The zero-order valence-electron chi connectivity index (χ0n) is 19.4. The summed E-state index contributed by atoms with van der Waals surface area (Å²) in [5.41, 5.74) is 6.84. The van der Waals surface area contributed by atoms with Crippen molar-refractivity contribution in [3.05, 3.63) is 23.9 Å². The first kappa shape index (κ1) is 23.7. The van der Waals surface area contributed by atoms with Gasteiger partial charge in [0.05, 0.1) is 6.07 Å². The van der Waals surface area contributed by atoms with Gasteiger partial charge in [-0.3, -0.25) is 14.4 Å². The highest BCUT2D eigenvalue weighted by atomic mass is 16.2. The lowest BCUT2D eigenvalue weighted by Crippen LogP contribution is -2.37. The van der Waals surface area contributed by atoms with Crippen molar-refractivity contribution in [2.75, 3.05) is 18.4 Å². The van der Waals surface area contributed by atoms with Crippen molar-refractivity contribution < 1.29 is 14.4 Å². The molecule has 2 aliphatic carbocycles. The van der Waals surface area contributed by atoms with Crippen LogP contribution in [0.4, 0.5) is 5.82 Å². The monoisotopic (exact) mass is 464 g/mol. The van der Waals surface area contributed by atoms with Gasteiger partial charge in [0.25, 0.3) is 0 Å². The maximum atomic E-state index is 12.3. The highest BCUT2D eigenvalue weighted by Gasteiger charge is 2.31. The van der Waals surface area contributed by atoms with E-state index in [1.54, 1.807) is 0 Å². The summed E-state index contributed by atoms with van der Waals surface area (Å²) in [6, 6.07) is 6.13. The van der Waals surface area contributed by atoms with Crippen molar-refractivity contribution in [3.63, 3.8) is 0 Å². The lowest BCUT2D eigenvalue weighted by atomic mass is 9.88. The van der Waals surface area contributed by atoms with Gasteiger partial charge in [-0.25, -0.2) is 4.98 Å². The van der Waals surface area contributed by atoms with Crippen molar-refractivity contribution in [2.45, 2.75) is 63.7 Å². The summed E-state index contributed by atoms with van der Waals surface area (Å²) in [5, 5.41) is 12.7. The van der Waals surface area contributed by atoms with Crippen molar-refractivity contribution in [3.8, 4) is 6.07 Å². The average molecular weight is 465 g/mol. The molecule has 0 aromatic carbocycles. The van der Waals surface area contributed by atoms with Gasteiger partial charge in [0, 0.05) is 49.4 Å². The van der Waals surface area contributed by atoms with Gasteiger partial charge in [-0.05, 0) is 68.6 Å². The topological polar surface area (TPSA) is 145 Å². The van der Waals surface area contributed by atoms with Crippen molar-refractivity contribution in [1.82, 2.24) is 14.9 Å². The number of unbranched alkanes of at least 4 members (excludes halogenated alkanes) is 1. The number of nitrogens with one attached hydrogen (secondary N) is 2. The van der Waals surface area contributed by atoms with Crippen LogP contribution in [-0.2, 0) is 14.4 Å². The summed E-state index contributed by atoms with van der Waals surface area (Å²) in [6.45, 7) is 1.46. The number of carbonyl (C=O) groups is 3. The molecule has 0 spiro atoms. The molecule has 34 heavy (non-hydrogen) atoms. The molecule has 5 rings (SSSR count). The normalized spacial score (nSPS) is 18.0. The Morgan fingerprint density at radius 1 is 1.15 bits per heavy atom. The Kier molecular flexibility index (Phi) is 7.46. The van der Waals surface area contributed by atoms with E-state index in [4.69, 9.17) is 11.0 Å². The highest BCUT2D eigenvalue weighted by Crippen LogP contribution is 2.35. The quantitative estimate of drug-likeness (QED) is 0.539. The second-order valence-corrected chi connectivity index (χ2v) is 9.44. The summed E-state index contributed by atoms with van der Waals surface area (Å²) < 4.78 is 0. The van der Waals surface area contributed by atoms with Gasteiger partial charge in [-0.15, -0.1) is 0 Å². The number of nitrogens with two attached hydrogens (primary N) is 1. The van der Waals surface area contributed by atoms with Crippen molar-refractivity contribution in [2.24, 2.45) is 17.6 Å². The summed E-state index contributed by atoms with van der Waals surface area (Å²) >= 11 is 0. The van der Waals surface area contributed by atoms with E-state index in [1.807, 2.05) is 23.2 Å². The molecule has 4 N–H and O–H groups in total. The highest BCUT2D eigenvalue weighted by molar-refractivity contribution is 5.94. The van der Waals surface area contributed by atoms with Gasteiger partial charge in [-0.2, -0.15) is 5.26 Å². The first-order valence-corrected chi connectivity index (χ1v) is 12.2. The Morgan fingerprint density at radius 3 is 2.44 bits per heavy atom. The molecule has 3 heterocycles. The molecule has 9 heteroatoms. The number of likely N-dealkylation sites (tertiary alicyclic amines) is 1. The zero-order valence-corrected chi connectivity index (χ0v) is 19.4. The van der Waals surface area contributed by atoms with Gasteiger partial charge < -0.3 is 20.9 Å². The van der Waals surface area contributed by atoms with Gasteiger partial charge in [-0.1, -0.05) is 0 Å². The van der Waals surface area contributed by atoms with Crippen LogP contribution in [0.3, 0.4) is 0 Å². The molecule has 0 radical (unpaired) electrons. The van der Waals surface area contributed by atoms with Gasteiger partial charge in [0.1, 0.15) is 11.5 Å². The maximum absolute atomic E-state index is 12.3. The maximum Gasteiger partial charge on any atom is 0.228 e. The number of aromatic amines is 1. The van der Waals surface area contributed by atoms with Crippen LogP contribution >= 0.6 is 0 Å². The van der Waals surface area contributed by atoms with E-state index >= 15 is 0 Å². The minimum absolute atomic E-state index is 0.0575. The van der Waals surface area contributed by atoms with Crippen LogP contribution in [0.25, 0.3) is 11.0 Å². The predicted molar refractivity (Wildman–Crippen MR) is 127 cm³/mol. The molecule has 3 aliphatic rings. The van der Waals surface area contributed by atoms with E-state index < -0.39 is 0 Å². The standard InChI is InChI=1S/C21H25N5O2.C4H7NO/c22-9-2-1-3-19(27)26-11-7-14(8-12-26)17-13-18(25-21(28)15-4-5-15)24-20-16(17)6-10-23-20;5-4(6)3-1-2-3/h6,10,13-15H,1-5,7-8,11-12H2,(H2,23,24,25,28);3H,1-2H2,(H2,5,6). The number of fused-ring (bicyclic) bond motifs is 1. The summed E-state index contributed by atoms with van der Waals surface area (Å²) in [5.74, 6) is 1.40. The number of nitriles is 1. The van der Waals surface area contributed by atoms with Crippen LogP contribution < -0.4 is 11.1 Å². The largest absolute Gasteiger partial charge is 0.369 e. The average Bonchev–Trinajstić information content (AvgIpc) is 3.76. The summed E-state index contributed by atoms with van der Waals surface area (Å²) in [6.07, 6.45) is 9.15. The zero-order chi connectivity index (χ0) is 24.1. The fourth-order valence-electron chi connectivity index (χ4n) is 4.32. The van der Waals surface area contributed by atoms with Crippen LogP contribution in [0.5, 0.6) is 0 Å². The van der Waals surface area contributed by atoms with Crippen molar-refractivity contribution >= 4 is 34.6 Å². The summed E-state index contributed by atoms with van der Waals surface area (Å²) in [7, 11) is 0. The molecule has 2 aromatic heterocycles. The van der Waals surface area contributed by atoms with Gasteiger partial charge in [0.15, 0.2) is 0 Å². The molecule has 1 saturated heterocycles. The minimum Gasteiger partial charge on any atom is -0.369 e. The fourth-order valence-corrected chi connectivity index (χ4v) is 4.32. The molecule has 2 saturated carbocycles. The van der Waals surface area contributed by atoms with Crippen LogP contribution in [0.1, 0.15) is 69.3 Å². The van der Waals surface area contributed by atoms with E-state index in [1.165, 1.54) is 5.56 Å². The molecule has 2 aromatic rings.